The Hall–Kier alpha value is -2.90. The van der Waals surface area contributed by atoms with Crippen molar-refractivity contribution in [2.75, 3.05) is 14.2 Å². The summed E-state index contributed by atoms with van der Waals surface area (Å²) in [4.78, 5) is 8.02. The Bertz CT molecular complexity index is 684. The summed E-state index contributed by atoms with van der Waals surface area (Å²) in [5.41, 5.74) is 0.456. The number of rotatable bonds is 5. The summed E-state index contributed by atoms with van der Waals surface area (Å²) in [6.07, 6.45) is 0. The summed E-state index contributed by atoms with van der Waals surface area (Å²) in [5, 5.41) is 11.9. The van der Waals surface area contributed by atoms with Gasteiger partial charge in [-0.05, 0) is 25.1 Å². The fraction of sp³-hybridized carbons (Fsp3) is 0.214. The Kier molecular flexibility index (Phi) is 4.72. The van der Waals surface area contributed by atoms with E-state index in [2.05, 4.69) is 15.1 Å². The highest BCUT2D eigenvalue weighted by molar-refractivity contribution is 6.00. The standard InChI is InChI=1S/C14H14FN3O4/c1-8(18-19)10-6-9(15)4-5-11(10)22-14-16-12(20-2)7-13(17-14)21-3/h4-7,19H,1-3H3. The molecule has 8 heteroatoms. The molecule has 7 nitrogen and oxygen atoms in total. The van der Waals surface area contributed by atoms with Crippen molar-refractivity contribution in [2.45, 2.75) is 6.92 Å². The number of halogens is 1. The maximum atomic E-state index is 13.4. The van der Waals surface area contributed by atoms with Gasteiger partial charge in [-0.25, -0.2) is 4.39 Å². The molecule has 0 fully saturated rings. The Balaban J connectivity index is 2.43. The molecule has 1 heterocycles. The van der Waals surface area contributed by atoms with Crippen LogP contribution in [0.3, 0.4) is 0 Å². The van der Waals surface area contributed by atoms with Gasteiger partial charge in [0.05, 0.1) is 26.0 Å². The number of methoxy groups -OCH3 is 2. The largest absolute Gasteiger partial charge is 0.481 e. The van der Waals surface area contributed by atoms with Gasteiger partial charge in [0.25, 0.3) is 0 Å². The monoisotopic (exact) mass is 307 g/mol. The summed E-state index contributed by atoms with van der Waals surface area (Å²) in [7, 11) is 2.88. The van der Waals surface area contributed by atoms with E-state index in [0.29, 0.717) is 0 Å². The van der Waals surface area contributed by atoms with Crippen LogP contribution in [0, 0.1) is 5.82 Å². The normalized spacial score (nSPS) is 11.2. The van der Waals surface area contributed by atoms with Crippen molar-refractivity contribution in [3.63, 3.8) is 0 Å². The molecule has 1 N–H and O–H groups in total. The van der Waals surface area contributed by atoms with Crippen LogP contribution in [-0.4, -0.2) is 35.1 Å². The predicted molar refractivity (Wildman–Crippen MR) is 75.6 cm³/mol. The summed E-state index contributed by atoms with van der Waals surface area (Å²) < 4.78 is 28.9. The molecule has 0 bridgehead atoms. The molecule has 2 rings (SSSR count). The van der Waals surface area contributed by atoms with Crippen molar-refractivity contribution in [1.82, 2.24) is 9.97 Å². The number of ether oxygens (including phenoxy) is 3. The van der Waals surface area contributed by atoms with Crippen LogP contribution in [0.1, 0.15) is 12.5 Å². The van der Waals surface area contributed by atoms with Crippen LogP contribution in [0.2, 0.25) is 0 Å². The third-order valence-corrected chi connectivity index (χ3v) is 2.76. The van der Waals surface area contributed by atoms with Gasteiger partial charge in [0, 0.05) is 5.56 Å². The number of benzene rings is 1. The smallest absolute Gasteiger partial charge is 0.328 e. The molecule has 116 valence electrons. The second-order valence-electron chi connectivity index (χ2n) is 4.16. The summed E-state index contributed by atoms with van der Waals surface area (Å²) in [6, 6.07) is 5.21. The molecular weight excluding hydrogens is 293 g/mol. The van der Waals surface area contributed by atoms with E-state index < -0.39 is 5.82 Å². The fourth-order valence-corrected chi connectivity index (χ4v) is 1.66. The summed E-state index contributed by atoms with van der Waals surface area (Å²) in [5.74, 6) is 0.234. The number of hydrogen-bond donors (Lipinski definition) is 1. The highest BCUT2D eigenvalue weighted by Gasteiger charge is 2.13. The van der Waals surface area contributed by atoms with E-state index in [1.807, 2.05) is 0 Å². The summed E-state index contributed by atoms with van der Waals surface area (Å²) >= 11 is 0. The van der Waals surface area contributed by atoms with Crippen LogP contribution in [0.15, 0.2) is 29.4 Å². The van der Waals surface area contributed by atoms with Gasteiger partial charge in [-0.3, -0.25) is 0 Å². The van der Waals surface area contributed by atoms with E-state index in [-0.39, 0.29) is 34.8 Å². The predicted octanol–water partition coefficient (Wildman–Crippen LogP) is 2.62. The van der Waals surface area contributed by atoms with Crippen LogP contribution >= 0.6 is 0 Å². The lowest BCUT2D eigenvalue weighted by Crippen LogP contribution is -2.02. The molecule has 0 saturated carbocycles. The topological polar surface area (TPSA) is 86.1 Å². The molecule has 0 radical (unpaired) electrons. The number of aromatic nitrogens is 2. The SMILES string of the molecule is COc1cc(OC)nc(Oc2ccc(F)cc2C(C)=NO)n1. The Morgan fingerprint density at radius 1 is 1.14 bits per heavy atom. The second-order valence-corrected chi connectivity index (χ2v) is 4.16. The van der Waals surface area contributed by atoms with Gasteiger partial charge in [0.1, 0.15) is 11.6 Å². The highest BCUT2D eigenvalue weighted by Crippen LogP contribution is 2.27. The van der Waals surface area contributed by atoms with Crippen LogP contribution in [-0.2, 0) is 0 Å². The van der Waals surface area contributed by atoms with E-state index >= 15 is 0 Å². The molecular formula is C14H14FN3O4. The van der Waals surface area contributed by atoms with Crippen LogP contribution < -0.4 is 14.2 Å². The first-order valence-electron chi connectivity index (χ1n) is 6.21. The fourth-order valence-electron chi connectivity index (χ4n) is 1.66. The van der Waals surface area contributed by atoms with E-state index in [9.17, 15) is 4.39 Å². The minimum absolute atomic E-state index is 0.0465. The first kappa shape index (κ1) is 15.5. The van der Waals surface area contributed by atoms with E-state index in [1.54, 1.807) is 0 Å². The third-order valence-electron chi connectivity index (χ3n) is 2.76. The molecule has 1 aromatic heterocycles. The van der Waals surface area contributed by atoms with E-state index in [1.165, 1.54) is 45.4 Å². The number of oxime groups is 1. The zero-order valence-electron chi connectivity index (χ0n) is 12.2. The lowest BCUT2D eigenvalue weighted by atomic mass is 10.1. The van der Waals surface area contributed by atoms with Gasteiger partial charge in [0.2, 0.25) is 11.8 Å². The Morgan fingerprint density at radius 2 is 1.77 bits per heavy atom. The first-order chi connectivity index (χ1) is 10.6. The number of nitrogens with zero attached hydrogens (tertiary/aromatic N) is 3. The van der Waals surface area contributed by atoms with Gasteiger partial charge in [-0.15, -0.1) is 0 Å². The van der Waals surface area contributed by atoms with Crippen molar-refractivity contribution in [1.29, 1.82) is 0 Å². The molecule has 22 heavy (non-hydrogen) atoms. The van der Waals surface area contributed by atoms with Gasteiger partial charge in [-0.2, -0.15) is 9.97 Å². The average Bonchev–Trinajstić information content (AvgIpc) is 2.55. The lowest BCUT2D eigenvalue weighted by Gasteiger charge is -2.10. The molecule has 0 aliphatic heterocycles. The van der Waals surface area contributed by atoms with Crippen molar-refractivity contribution in [3.8, 4) is 23.5 Å². The molecule has 0 unspecified atom stereocenters. The van der Waals surface area contributed by atoms with E-state index in [0.717, 1.165) is 0 Å². The molecule has 0 saturated heterocycles. The number of hydrogen-bond acceptors (Lipinski definition) is 7. The second kappa shape index (κ2) is 6.70. The van der Waals surface area contributed by atoms with Gasteiger partial charge < -0.3 is 19.4 Å². The minimum atomic E-state index is -0.491. The molecule has 0 spiro atoms. The molecule has 0 atom stereocenters. The molecule has 0 aliphatic rings. The maximum absolute atomic E-state index is 13.4. The Labute approximate surface area is 126 Å². The van der Waals surface area contributed by atoms with Crippen molar-refractivity contribution in [3.05, 3.63) is 35.6 Å². The Morgan fingerprint density at radius 3 is 2.32 bits per heavy atom. The van der Waals surface area contributed by atoms with E-state index in [4.69, 9.17) is 19.4 Å². The van der Waals surface area contributed by atoms with Crippen LogP contribution in [0.5, 0.6) is 23.5 Å². The molecule has 2 aromatic rings. The van der Waals surface area contributed by atoms with Gasteiger partial charge >= 0.3 is 6.01 Å². The summed E-state index contributed by atoms with van der Waals surface area (Å²) in [6.45, 7) is 1.51. The van der Waals surface area contributed by atoms with Gasteiger partial charge in [0.15, 0.2) is 0 Å². The van der Waals surface area contributed by atoms with Crippen molar-refractivity contribution in [2.24, 2.45) is 5.16 Å². The first-order valence-corrected chi connectivity index (χ1v) is 6.21. The zero-order chi connectivity index (χ0) is 16.1. The maximum Gasteiger partial charge on any atom is 0.328 e. The van der Waals surface area contributed by atoms with Crippen LogP contribution in [0.4, 0.5) is 4.39 Å². The minimum Gasteiger partial charge on any atom is -0.481 e. The zero-order valence-corrected chi connectivity index (χ0v) is 12.2. The third kappa shape index (κ3) is 3.40. The van der Waals surface area contributed by atoms with Crippen molar-refractivity contribution >= 4 is 5.71 Å². The van der Waals surface area contributed by atoms with Crippen molar-refractivity contribution < 1.29 is 23.8 Å². The lowest BCUT2D eigenvalue weighted by molar-refractivity contribution is 0.318. The van der Waals surface area contributed by atoms with Gasteiger partial charge in [-0.1, -0.05) is 5.16 Å². The molecule has 1 aromatic carbocycles. The molecule has 0 amide bonds. The quantitative estimate of drug-likeness (QED) is 0.519. The average molecular weight is 307 g/mol. The highest BCUT2D eigenvalue weighted by atomic mass is 19.1. The molecule has 0 aliphatic carbocycles. The van der Waals surface area contributed by atoms with Crippen LogP contribution in [0.25, 0.3) is 0 Å².